The third kappa shape index (κ3) is 4.83. The maximum absolute atomic E-state index is 13.9. The lowest BCUT2D eigenvalue weighted by Gasteiger charge is -2.45. The van der Waals surface area contributed by atoms with Crippen LogP contribution in [0.2, 0.25) is 0 Å². The summed E-state index contributed by atoms with van der Waals surface area (Å²) in [5, 5.41) is 14.3. The van der Waals surface area contributed by atoms with Gasteiger partial charge in [0.2, 0.25) is 17.7 Å². The number of halogens is 5. The van der Waals surface area contributed by atoms with E-state index in [1.807, 2.05) is 18.2 Å². The molecule has 0 aromatic heterocycles. The van der Waals surface area contributed by atoms with Crippen LogP contribution in [-0.2, 0) is 23.9 Å². The second-order valence-electron chi connectivity index (χ2n) is 10.5. The number of hydrogen-bond donors (Lipinski definition) is 3. The van der Waals surface area contributed by atoms with Gasteiger partial charge in [0.15, 0.2) is 0 Å². The van der Waals surface area contributed by atoms with Crippen molar-refractivity contribution < 1.29 is 45.9 Å². The molecule has 0 radical (unpaired) electrons. The van der Waals surface area contributed by atoms with E-state index in [-0.39, 0.29) is 30.7 Å². The molecule has 0 aromatic carbocycles. The fourth-order valence-corrected chi connectivity index (χ4v) is 7.03. The van der Waals surface area contributed by atoms with Crippen molar-refractivity contribution in [2.45, 2.75) is 56.7 Å². The van der Waals surface area contributed by atoms with E-state index in [0.717, 1.165) is 11.8 Å². The van der Waals surface area contributed by atoms with Crippen LogP contribution in [0.1, 0.15) is 26.2 Å². The first-order valence-electron chi connectivity index (χ1n) is 12.5. The molecule has 4 N–H and O–H groups in total. The quantitative estimate of drug-likeness (QED) is 0.280. The van der Waals surface area contributed by atoms with Crippen molar-refractivity contribution in [2.75, 3.05) is 13.1 Å². The highest BCUT2D eigenvalue weighted by Crippen LogP contribution is 2.60. The van der Waals surface area contributed by atoms with Crippen molar-refractivity contribution in [1.29, 1.82) is 5.26 Å². The number of rotatable bonds is 9. The number of nitriles is 1. The number of primary amides is 1. The summed E-state index contributed by atoms with van der Waals surface area (Å²) >= 11 is 0. The van der Waals surface area contributed by atoms with Crippen LogP contribution in [0.25, 0.3) is 0 Å². The molecule has 4 aliphatic rings. The summed E-state index contributed by atoms with van der Waals surface area (Å²) in [7, 11) is 0. The minimum absolute atomic E-state index is 0.122. The van der Waals surface area contributed by atoms with Crippen LogP contribution in [0.4, 0.5) is 22.0 Å². The number of carbonyl (C=O) groups is 4. The first-order chi connectivity index (χ1) is 18.2. The lowest BCUT2D eigenvalue weighted by atomic mass is 9.65. The fraction of sp³-hybridized carbons (Fsp3) is 0.708. The van der Waals surface area contributed by atoms with E-state index < -0.39 is 71.9 Å². The summed E-state index contributed by atoms with van der Waals surface area (Å²) < 4.78 is 69.7. The molecular weight excluding hydrogens is 533 g/mol. The van der Waals surface area contributed by atoms with E-state index in [0.29, 0.717) is 19.4 Å². The van der Waals surface area contributed by atoms with Crippen molar-refractivity contribution in [2.24, 2.45) is 41.2 Å². The van der Waals surface area contributed by atoms with Crippen molar-refractivity contribution in [3.05, 3.63) is 12.2 Å². The highest BCUT2D eigenvalue weighted by Gasteiger charge is 2.70. The van der Waals surface area contributed by atoms with Crippen LogP contribution in [0.5, 0.6) is 0 Å². The van der Waals surface area contributed by atoms with Gasteiger partial charge in [-0.25, -0.2) is 0 Å². The Labute approximate surface area is 220 Å². The lowest BCUT2D eigenvalue weighted by molar-refractivity contribution is -0.186. The number of hydrogen-bond acceptors (Lipinski definition) is 6. The highest BCUT2D eigenvalue weighted by molar-refractivity contribution is 5.96. The molecule has 5 unspecified atom stereocenters. The van der Waals surface area contributed by atoms with E-state index in [4.69, 9.17) is 5.73 Å². The summed E-state index contributed by atoms with van der Waals surface area (Å²) in [5.74, 6) is -8.90. The SMILES string of the molecule is C[C@@H](OC(F)F)[C@H](NC(=O)C(F)(F)F)C(=O)N1CC2C3C=CC(C3)C2C1(C(N)=O)[C@@H](C#N)C[C@H]1CCNC1=O. The van der Waals surface area contributed by atoms with Crippen LogP contribution >= 0.6 is 0 Å². The molecule has 0 aromatic rings. The zero-order chi connectivity index (χ0) is 28.9. The van der Waals surface area contributed by atoms with Crippen molar-refractivity contribution >= 4 is 23.6 Å². The number of nitrogens with two attached hydrogens (primary N) is 1. The molecule has 39 heavy (non-hydrogen) atoms. The molecule has 2 heterocycles. The Morgan fingerprint density at radius 1 is 1.31 bits per heavy atom. The smallest absolute Gasteiger partial charge is 0.368 e. The fourth-order valence-electron chi connectivity index (χ4n) is 7.03. The predicted molar refractivity (Wildman–Crippen MR) is 121 cm³/mol. The molecule has 2 saturated heterocycles. The molecule has 1 saturated carbocycles. The van der Waals surface area contributed by atoms with Gasteiger partial charge >= 0.3 is 18.7 Å². The third-order valence-corrected chi connectivity index (χ3v) is 8.60. The average Bonchev–Trinajstić information content (AvgIpc) is 3.61. The Kier molecular flexibility index (Phi) is 7.63. The van der Waals surface area contributed by atoms with Crippen LogP contribution in [-0.4, -0.2) is 72.1 Å². The molecule has 214 valence electrons. The van der Waals surface area contributed by atoms with Crippen molar-refractivity contribution in [3.8, 4) is 6.07 Å². The van der Waals surface area contributed by atoms with Crippen LogP contribution in [0, 0.1) is 46.8 Å². The number of allylic oxidation sites excluding steroid dienone is 2. The Morgan fingerprint density at radius 2 is 1.97 bits per heavy atom. The zero-order valence-electron chi connectivity index (χ0n) is 20.8. The number of likely N-dealkylation sites (tertiary alicyclic amines) is 1. The summed E-state index contributed by atoms with van der Waals surface area (Å²) in [6, 6.07) is -0.268. The van der Waals surface area contributed by atoms with Gasteiger partial charge in [0.1, 0.15) is 11.6 Å². The Hall–Kier alpha value is -3.28. The third-order valence-electron chi connectivity index (χ3n) is 8.60. The first kappa shape index (κ1) is 28.7. The molecule has 2 aliphatic heterocycles. The van der Waals surface area contributed by atoms with Crippen molar-refractivity contribution in [1.82, 2.24) is 15.5 Å². The van der Waals surface area contributed by atoms with Crippen LogP contribution in [0.3, 0.4) is 0 Å². The average molecular weight is 562 g/mol. The molecule has 0 spiro atoms. The summed E-state index contributed by atoms with van der Waals surface area (Å²) in [5.41, 5.74) is 3.86. The van der Waals surface area contributed by atoms with Gasteiger partial charge in [-0.15, -0.1) is 0 Å². The van der Waals surface area contributed by atoms with Crippen LogP contribution < -0.4 is 16.4 Å². The minimum atomic E-state index is -5.46. The highest BCUT2D eigenvalue weighted by atomic mass is 19.4. The predicted octanol–water partition coefficient (Wildman–Crippen LogP) is 0.832. The number of fused-ring (bicyclic) bond motifs is 5. The first-order valence-corrected chi connectivity index (χ1v) is 12.5. The van der Waals surface area contributed by atoms with Crippen molar-refractivity contribution in [3.63, 3.8) is 0 Å². The van der Waals surface area contributed by atoms with Gasteiger partial charge in [-0.05, 0) is 43.9 Å². The number of ether oxygens (including phenoxy) is 1. The summed E-state index contributed by atoms with van der Waals surface area (Å²) in [4.78, 5) is 52.3. The largest absolute Gasteiger partial charge is 0.471 e. The minimum Gasteiger partial charge on any atom is -0.368 e. The lowest BCUT2D eigenvalue weighted by Crippen LogP contribution is -2.68. The number of nitrogens with one attached hydrogen (secondary N) is 2. The maximum Gasteiger partial charge on any atom is 0.471 e. The molecule has 4 amide bonds. The van der Waals surface area contributed by atoms with Gasteiger partial charge in [-0.2, -0.15) is 27.2 Å². The van der Waals surface area contributed by atoms with Gasteiger partial charge in [-0.1, -0.05) is 12.2 Å². The second kappa shape index (κ2) is 10.4. The second-order valence-corrected chi connectivity index (χ2v) is 10.5. The Balaban J connectivity index is 1.79. The molecule has 9 atom stereocenters. The Bertz CT molecular complexity index is 1110. The maximum atomic E-state index is 13.9. The topological polar surface area (TPSA) is 155 Å². The van der Waals surface area contributed by atoms with E-state index in [1.165, 1.54) is 5.32 Å². The van der Waals surface area contributed by atoms with E-state index >= 15 is 0 Å². The molecule has 10 nitrogen and oxygen atoms in total. The monoisotopic (exact) mass is 561 g/mol. The summed E-state index contributed by atoms with van der Waals surface area (Å²) in [6.07, 6.45) is -2.90. The van der Waals surface area contributed by atoms with Gasteiger partial charge in [-0.3, -0.25) is 19.2 Å². The standard InChI is InChI=1S/C24H28F5N5O5/c1-10(39-22(25)26)17(33-21(38)24(27,28)29)19(36)34-9-15-11-2-3-12(6-11)16(15)23(34,20(31)37)14(8-30)7-13-4-5-32-18(13)35/h2-3,10-17,22H,4-7,9H2,1H3,(H2,31,37)(H,32,35)(H,33,38)/t10-,11?,12?,13-,14-,15?,16?,17+,23?/m1/s1. The molecular formula is C24H28F5N5O5. The number of nitrogens with zero attached hydrogens (tertiary/aromatic N) is 2. The normalized spacial score (nSPS) is 33.4. The van der Waals surface area contributed by atoms with E-state index in [1.54, 1.807) is 0 Å². The molecule has 3 fully saturated rings. The van der Waals surface area contributed by atoms with Gasteiger partial charge < -0.3 is 26.0 Å². The molecule has 2 bridgehead atoms. The van der Waals surface area contributed by atoms with E-state index in [2.05, 4.69) is 10.1 Å². The van der Waals surface area contributed by atoms with Gasteiger partial charge in [0.05, 0.1) is 18.1 Å². The molecule has 2 aliphatic carbocycles. The van der Waals surface area contributed by atoms with E-state index in [9.17, 15) is 46.4 Å². The molecule has 4 rings (SSSR count). The van der Waals surface area contributed by atoms with Gasteiger partial charge in [0, 0.05) is 24.9 Å². The zero-order valence-corrected chi connectivity index (χ0v) is 20.8. The number of alkyl halides is 5. The van der Waals surface area contributed by atoms with Crippen LogP contribution in [0.15, 0.2) is 12.2 Å². The Morgan fingerprint density at radius 3 is 2.51 bits per heavy atom. The number of amides is 4. The molecule has 15 heteroatoms. The number of carbonyl (C=O) groups excluding carboxylic acids is 4. The van der Waals surface area contributed by atoms with Gasteiger partial charge in [0.25, 0.3) is 0 Å². The summed E-state index contributed by atoms with van der Waals surface area (Å²) in [6.45, 7) is -2.50.